The first-order valence-corrected chi connectivity index (χ1v) is 7.01. The van der Waals surface area contributed by atoms with Crippen LogP contribution in [0.3, 0.4) is 0 Å². The molecule has 3 nitrogen and oxygen atoms in total. The van der Waals surface area contributed by atoms with Gasteiger partial charge in [0.1, 0.15) is 0 Å². The van der Waals surface area contributed by atoms with E-state index in [4.69, 9.17) is 0 Å². The number of hydrogen-bond acceptors (Lipinski definition) is 3. The molecule has 0 saturated heterocycles. The van der Waals surface area contributed by atoms with Crippen molar-refractivity contribution in [3.63, 3.8) is 0 Å². The molecule has 0 heterocycles. The molecular weight excluding hydrogens is 212 g/mol. The average Bonchev–Trinajstić information content (AvgIpc) is 2.26. The monoisotopic (exact) mass is 244 g/mol. The summed E-state index contributed by atoms with van der Waals surface area (Å²) in [6.45, 7) is 15.4. The molecule has 0 aliphatic carbocycles. The lowest BCUT2D eigenvalue weighted by Gasteiger charge is -2.38. The summed E-state index contributed by atoms with van der Waals surface area (Å²) < 4.78 is 0. The van der Waals surface area contributed by atoms with E-state index in [0.717, 1.165) is 25.9 Å². The average molecular weight is 244 g/mol. The molecule has 0 saturated carbocycles. The number of hydrogen-bond donors (Lipinski definition) is 2. The molecule has 0 aromatic rings. The van der Waals surface area contributed by atoms with Crippen LogP contribution in [0.1, 0.15) is 54.4 Å². The predicted molar refractivity (Wildman–Crippen MR) is 75.4 cm³/mol. The van der Waals surface area contributed by atoms with Gasteiger partial charge >= 0.3 is 0 Å². The first-order valence-electron chi connectivity index (χ1n) is 7.01. The second-order valence-electron chi connectivity index (χ2n) is 5.62. The molecular formula is C14H32N2O. The lowest BCUT2D eigenvalue weighted by molar-refractivity contribution is 0.101. The molecule has 3 heteroatoms. The van der Waals surface area contributed by atoms with Gasteiger partial charge in [-0.1, -0.05) is 13.8 Å². The van der Waals surface area contributed by atoms with Crippen LogP contribution in [0.25, 0.3) is 0 Å². The third kappa shape index (κ3) is 5.84. The Morgan fingerprint density at radius 1 is 1.24 bits per heavy atom. The smallest absolute Gasteiger partial charge is 0.0611 e. The number of aliphatic hydroxyl groups is 1. The summed E-state index contributed by atoms with van der Waals surface area (Å²) in [6.07, 6.45) is 2.08. The standard InChI is InChI=1S/C14H32N2O/c1-7-9-15-14(6,11-17)10-13(5)16(8-2)12(3)4/h12-13,15,17H,7-11H2,1-6H3. The van der Waals surface area contributed by atoms with Crippen molar-refractivity contribution < 1.29 is 5.11 Å². The van der Waals surface area contributed by atoms with E-state index in [-0.39, 0.29) is 12.1 Å². The zero-order chi connectivity index (χ0) is 13.5. The summed E-state index contributed by atoms with van der Waals surface area (Å²) in [7, 11) is 0. The summed E-state index contributed by atoms with van der Waals surface area (Å²) >= 11 is 0. The van der Waals surface area contributed by atoms with Gasteiger partial charge in [0.05, 0.1) is 6.61 Å². The summed E-state index contributed by atoms with van der Waals surface area (Å²) in [6, 6.07) is 1.05. The molecule has 2 atom stereocenters. The van der Waals surface area contributed by atoms with Crippen molar-refractivity contribution in [1.29, 1.82) is 0 Å². The van der Waals surface area contributed by atoms with E-state index in [2.05, 4.69) is 51.8 Å². The lowest BCUT2D eigenvalue weighted by atomic mass is 9.93. The number of nitrogens with one attached hydrogen (secondary N) is 1. The molecule has 0 aliphatic rings. The normalized spacial score (nSPS) is 17.5. The minimum Gasteiger partial charge on any atom is -0.394 e. The maximum absolute atomic E-state index is 9.57. The van der Waals surface area contributed by atoms with E-state index >= 15 is 0 Å². The Bertz CT molecular complexity index is 197. The van der Waals surface area contributed by atoms with Gasteiger partial charge in [-0.15, -0.1) is 0 Å². The highest BCUT2D eigenvalue weighted by Gasteiger charge is 2.27. The topological polar surface area (TPSA) is 35.5 Å². The third-order valence-corrected chi connectivity index (χ3v) is 3.49. The van der Waals surface area contributed by atoms with Crippen molar-refractivity contribution in [2.45, 2.75) is 72.0 Å². The maximum atomic E-state index is 9.57. The highest BCUT2D eigenvalue weighted by atomic mass is 16.3. The van der Waals surface area contributed by atoms with E-state index in [1.54, 1.807) is 0 Å². The van der Waals surface area contributed by atoms with Gasteiger partial charge in [0.25, 0.3) is 0 Å². The fraction of sp³-hybridized carbons (Fsp3) is 1.00. The molecule has 0 amide bonds. The van der Waals surface area contributed by atoms with Crippen molar-refractivity contribution in [1.82, 2.24) is 10.2 Å². The van der Waals surface area contributed by atoms with Crippen molar-refractivity contribution in [3.8, 4) is 0 Å². The summed E-state index contributed by atoms with van der Waals surface area (Å²) in [4.78, 5) is 2.47. The van der Waals surface area contributed by atoms with Gasteiger partial charge in [0.2, 0.25) is 0 Å². The van der Waals surface area contributed by atoms with Gasteiger partial charge < -0.3 is 10.4 Å². The van der Waals surface area contributed by atoms with Crippen LogP contribution >= 0.6 is 0 Å². The van der Waals surface area contributed by atoms with Gasteiger partial charge in [0, 0.05) is 17.6 Å². The van der Waals surface area contributed by atoms with Crippen LogP contribution in [-0.2, 0) is 0 Å². The minimum atomic E-state index is -0.155. The van der Waals surface area contributed by atoms with Gasteiger partial charge in [-0.2, -0.15) is 0 Å². The SMILES string of the molecule is CCCNC(C)(CO)CC(C)N(CC)C(C)C. The maximum Gasteiger partial charge on any atom is 0.0611 e. The second kappa shape index (κ2) is 8.06. The Balaban J connectivity index is 4.43. The first kappa shape index (κ1) is 16.9. The summed E-state index contributed by atoms with van der Waals surface area (Å²) in [5, 5.41) is 13.0. The molecule has 0 rings (SSSR count). The molecule has 104 valence electrons. The number of rotatable bonds is 9. The quantitative estimate of drug-likeness (QED) is 0.653. The second-order valence-corrected chi connectivity index (χ2v) is 5.62. The molecule has 2 unspecified atom stereocenters. The summed E-state index contributed by atoms with van der Waals surface area (Å²) in [5.41, 5.74) is -0.155. The van der Waals surface area contributed by atoms with E-state index in [1.807, 2.05) is 0 Å². The van der Waals surface area contributed by atoms with Gasteiger partial charge in [-0.3, -0.25) is 4.90 Å². The highest BCUT2D eigenvalue weighted by molar-refractivity contribution is 4.87. The fourth-order valence-electron chi connectivity index (χ4n) is 2.57. The van der Waals surface area contributed by atoms with Crippen LogP contribution < -0.4 is 5.32 Å². The molecule has 17 heavy (non-hydrogen) atoms. The van der Waals surface area contributed by atoms with Crippen LogP contribution in [0.15, 0.2) is 0 Å². The Morgan fingerprint density at radius 2 is 1.82 bits per heavy atom. The zero-order valence-corrected chi connectivity index (χ0v) is 12.6. The van der Waals surface area contributed by atoms with Crippen LogP contribution in [0.2, 0.25) is 0 Å². The molecule has 2 N–H and O–H groups in total. The number of nitrogens with zero attached hydrogens (tertiary/aromatic N) is 1. The Labute approximate surface area is 108 Å². The molecule has 0 fully saturated rings. The lowest BCUT2D eigenvalue weighted by Crippen LogP contribution is -2.51. The van der Waals surface area contributed by atoms with E-state index in [0.29, 0.717) is 12.1 Å². The minimum absolute atomic E-state index is 0.155. The molecule has 0 aromatic carbocycles. The van der Waals surface area contributed by atoms with Crippen molar-refractivity contribution in [2.24, 2.45) is 0 Å². The van der Waals surface area contributed by atoms with E-state index < -0.39 is 0 Å². The van der Waals surface area contributed by atoms with Gasteiger partial charge in [0.15, 0.2) is 0 Å². The van der Waals surface area contributed by atoms with Crippen LogP contribution in [0.4, 0.5) is 0 Å². The molecule has 0 spiro atoms. The fourth-order valence-corrected chi connectivity index (χ4v) is 2.57. The molecule has 0 aliphatic heterocycles. The first-order chi connectivity index (χ1) is 7.90. The third-order valence-electron chi connectivity index (χ3n) is 3.49. The van der Waals surface area contributed by atoms with E-state index in [1.165, 1.54) is 0 Å². The Kier molecular flexibility index (Phi) is 8.01. The van der Waals surface area contributed by atoms with Crippen LogP contribution in [0, 0.1) is 0 Å². The number of aliphatic hydroxyl groups excluding tert-OH is 1. The Morgan fingerprint density at radius 3 is 2.18 bits per heavy atom. The summed E-state index contributed by atoms with van der Waals surface area (Å²) in [5.74, 6) is 0. The molecule has 0 bridgehead atoms. The van der Waals surface area contributed by atoms with Crippen molar-refractivity contribution in [2.75, 3.05) is 19.7 Å². The predicted octanol–water partition coefficient (Wildman–Crippen LogP) is 2.25. The van der Waals surface area contributed by atoms with Gasteiger partial charge in [-0.05, 0) is 53.6 Å². The zero-order valence-electron chi connectivity index (χ0n) is 12.6. The van der Waals surface area contributed by atoms with E-state index in [9.17, 15) is 5.11 Å². The van der Waals surface area contributed by atoms with Crippen LogP contribution in [0.5, 0.6) is 0 Å². The Hall–Kier alpha value is -0.120. The molecule has 0 aromatic heterocycles. The van der Waals surface area contributed by atoms with Crippen LogP contribution in [-0.4, -0.2) is 47.3 Å². The van der Waals surface area contributed by atoms with Crippen molar-refractivity contribution >= 4 is 0 Å². The largest absolute Gasteiger partial charge is 0.394 e. The molecule has 0 radical (unpaired) electrons. The highest BCUT2D eigenvalue weighted by Crippen LogP contribution is 2.17. The van der Waals surface area contributed by atoms with Crippen molar-refractivity contribution in [3.05, 3.63) is 0 Å². The van der Waals surface area contributed by atoms with Gasteiger partial charge in [-0.25, -0.2) is 0 Å².